The number of nitrogens with one attached hydrogen (secondary N) is 3. The minimum absolute atomic E-state index is 0.0819. The molecule has 0 spiro atoms. The summed E-state index contributed by atoms with van der Waals surface area (Å²) in [6.45, 7) is 10.3. The first-order chi connectivity index (χ1) is 17.5. The number of hydrogen-bond acceptors (Lipinski definition) is 6. The van der Waals surface area contributed by atoms with Crippen LogP contribution in [0.3, 0.4) is 0 Å². The standard InChI is InChI=1S/C28H34ClFN6/c1-18-13-27-24(28(34-17-33-27)35-23-7-8-26(30)25(29)16-23)15-21(18)14-20-3-5-22(6-4-20)32-10-12-36-11-9-31-19(36)2/h7-8,13,15-17,20,22,31-32H,2-6,9-12,14H2,1H3,(H,33,34,35). The Morgan fingerprint density at radius 3 is 2.75 bits per heavy atom. The molecular formula is C28H34ClFN6. The molecule has 6 nitrogen and oxygen atoms in total. The number of aryl methyl sites for hydroxylation is 1. The van der Waals surface area contributed by atoms with Gasteiger partial charge in [-0.15, -0.1) is 0 Å². The third kappa shape index (κ3) is 5.73. The van der Waals surface area contributed by atoms with Crippen molar-refractivity contribution in [2.75, 3.05) is 31.5 Å². The van der Waals surface area contributed by atoms with E-state index in [1.54, 1.807) is 18.5 Å². The first-order valence-corrected chi connectivity index (χ1v) is 13.2. The Kier molecular flexibility index (Phi) is 7.58. The van der Waals surface area contributed by atoms with Crippen LogP contribution in [0.1, 0.15) is 36.8 Å². The first-order valence-electron chi connectivity index (χ1n) is 12.8. The number of fused-ring (bicyclic) bond motifs is 1. The minimum atomic E-state index is -0.438. The van der Waals surface area contributed by atoms with Crippen molar-refractivity contribution >= 4 is 34.0 Å². The number of aromatic nitrogens is 2. The Labute approximate surface area is 217 Å². The fourth-order valence-corrected chi connectivity index (χ4v) is 5.58. The Morgan fingerprint density at radius 2 is 2.00 bits per heavy atom. The highest BCUT2D eigenvalue weighted by Crippen LogP contribution is 2.32. The van der Waals surface area contributed by atoms with Gasteiger partial charge in [-0.2, -0.15) is 0 Å². The van der Waals surface area contributed by atoms with Crippen molar-refractivity contribution in [3.05, 3.63) is 71.0 Å². The monoisotopic (exact) mass is 508 g/mol. The van der Waals surface area contributed by atoms with E-state index < -0.39 is 5.82 Å². The molecule has 8 heteroatoms. The van der Waals surface area contributed by atoms with Gasteiger partial charge in [-0.25, -0.2) is 14.4 Å². The van der Waals surface area contributed by atoms with Crippen LogP contribution < -0.4 is 16.0 Å². The van der Waals surface area contributed by atoms with Crippen molar-refractivity contribution in [3.8, 4) is 0 Å². The molecular weight excluding hydrogens is 475 g/mol. The molecule has 1 aromatic heterocycles. The topological polar surface area (TPSA) is 65.1 Å². The van der Waals surface area contributed by atoms with Gasteiger partial charge in [-0.3, -0.25) is 0 Å². The van der Waals surface area contributed by atoms with E-state index in [1.807, 2.05) is 0 Å². The van der Waals surface area contributed by atoms with Gasteiger partial charge in [0.15, 0.2) is 0 Å². The van der Waals surface area contributed by atoms with Crippen LogP contribution in [-0.2, 0) is 6.42 Å². The third-order valence-electron chi connectivity index (χ3n) is 7.54. The molecule has 2 aliphatic rings. The quantitative estimate of drug-likeness (QED) is 0.371. The SMILES string of the molecule is C=C1NCCN1CCNC1CCC(Cc2cc3c(Nc4ccc(F)c(Cl)c4)ncnc3cc2C)CC1. The van der Waals surface area contributed by atoms with Crippen molar-refractivity contribution in [1.82, 2.24) is 25.5 Å². The van der Waals surface area contributed by atoms with E-state index in [9.17, 15) is 4.39 Å². The average molecular weight is 509 g/mol. The Balaban J connectivity index is 1.21. The van der Waals surface area contributed by atoms with Crippen LogP contribution in [-0.4, -0.2) is 47.1 Å². The van der Waals surface area contributed by atoms with Gasteiger partial charge < -0.3 is 20.9 Å². The number of anilines is 2. The molecule has 0 atom stereocenters. The van der Waals surface area contributed by atoms with Gasteiger partial charge in [0.25, 0.3) is 0 Å². The molecule has 5 rings (SSSR count). The molecule has 0 radical (unpaired) electrons. The lowest BCUT2D eigenvalue weighted by Crippen LogP contribution is -2.38. The largest absolute Gasteiger partial charge is 0.370 e. The maximum Gasteiger partial charge on any atom is 0.141 e. The Bertz CT molecular complexity index is 1240. The highest BCUT2D eigenvalue weighted by Gasteiger charge is 2.22. The van der Waals surface area contributed by atoms with Gasteiger partial charge in [0.1, 0.15) is 18.0 Å². The summed E-state index contributed by atoms with van der Waals surface area (Å²) in [6, 6.07) is 9.56. The summed E-state index contributed by atoms with van der Waals surface area (Å²) in [6.07, 6.45) is 7.52. The average Bonchev–Trinajstić information content (AvgIpc) is 3.28. The molecule has 0 bridgehead atoms. The molecule has 1 saturated carbocycles. The summed E-state index contributed by atoms with van der Waals surface area (Å²) < 4.78 is 13.6. The van der Waals surface area contributed by atoms with Gasteiger partial charge in [0.2, 0.25) is 0 Å². The number of hydrogen-bond donors (Lipinski definition) is 3. The van der Waals surface area contributed by atoms with Crippen LogP contribution in [0.5, 0.6) is 0 Å². The van der Waals surface area contributed by atoms with Crippen molar-refractivity contribution in [2.45, 2.75) is 45.1 Å². The van der Waals surface area contributed by atoms with E-state index in [2.05, 4.69) is 56.5 Å². The van der Waals surface area contributed by atoms with Crippen LogP contribution in [0.15, 0.2) is 49.1 Å². The van der Waals surface area contributed by atoms with Gasteiger partial charge in [0.05, 0.1) is 16.4 Å². The second kappa shape index (κ2) is 11.0. The van der Waals surface area contributed by atoms with Crippen molar-refractivity contribution in [2.24, 2.45) is 5.92 Å². The zero-order valence-electron chi connectivity index (χ0n) is 20.8. The molecule has 2 aromatic carbocycles. The molecule has 1 aliphatic carbocycles. The predicted octanol–water partition coefficient (Wildman–Crippen LogP) is 5.54. The van der Waals surface area contributed by atoms with E-state index in [0.717, 1.165) is 49.3 Å². The number of nitrogens with zero attached hydrogens (tertiary/aromatic N) is 3. The fraction of sp³-hybridized carbons (Fsp3) is 0.429. The molecule has 36 heavy (non-hydrogen) atoms. The zero-order chi connectivity index (χ0) is 25.1. The van der Waals surface area contributed by atoms with E-state index >= 15 is 0 Å². The summed E-state index contributed by atoms with van der Waals surface area (Å²) in [5.74, 6) is 2.00. The van der Waals surface area contributed by atoms with Gasteiger partial charge in [-0.05, 0) is 86.4 Å². The maximum atomic E-state index is 13.6. The summed E-state index contributed by atoms with van der Waals surface area (Å²) in [5, 5.41) is 11.4. The van der Waals surface area contributed by atoms with Gasteiger partial charge >= 0.3 is 0 Å². The Morgan fingerprint density at radius 1 is 1.17 bits per heavy atom. The van der Waals surface area contributed by atoms with Gasteiger partial charge in [0, 0.05) is 43.3 Å². The van der Waals surface area contributed by atoms with Crippen LogP contribution in [0, 0.1) is 18.7 Å². The predicted molar refractivity (Wildman–Crippen MR) is 145 cm³/mol. The summed E-state index contributed by atoms with van der Waals surface area (Å²) in [7, 11) is 0. The fourth-order valence-electron chi connectivity index (χ4n) is 5.40. The molecule has 2 heterocycles. The maximum absolute atomic E-state index is 13.6. The molecule has 1 saturated heterocycles. The van der Waals surface area contributed by atoms with Crippen LogP contribution >= 0.6 is 11.6 Å². The highest BCUT2D eigenvalue weighted by atomic mass is 35.5. The van der Waals surface area contributed by atoms with E-state index in [1.165, 1.54) is 42.9 Å². The van der Waals surface area contributed by atoms with Gasteiger partial charge in [-0.1, -0.05) is 18.2 Å². The van der Waals surface area contributed by atoms with Crippen molar-refractivity contribution in [1.29, 1.82) is 0 Å². The van der Waals surface area contributed by atoms with E-state index in [-0.39, 0.29) is 5.02 Å². The summed E-state index contributed by atoms with van der Waals surface area (Å²) >= 11 is 5.97. The zero-order valence-corrected chi connectivity index (χ0v) is 21.5. The second-order valence-corrected chi connectivity index (χ2v) is 10.4. The highest BCUT2D eigenvalue weighted by molar-refractivity contribution is 6.31. The smallest absolute Gasteiger partial charge is 0.141 e. The molecule has 0 unspecified atom stereocenters. The van der Waals surface area contributed by atoms with E-state index in [4.69, 9.17) is 11.6 Å². The van der Waals surface area contributed by atoms with Crippen LogP contribution in [0.2, 0.25) is 5.02 Å². The molecule has 1 aliphatic heterocycles. The Hall–Kier alpha value is -2.90. The summed E-state index contributed by atoms with van der Waals surface area (Å²) in [4.78, 5) is 11.3. The normalized spacial score (nSPS) is 20.1. The molecule has 0 amide bonds. The number of benzene rings is 2. The second-order valence-electron chi connectivity index (χ2n) is 10.0. The molecule has 3 N–H and O–H groups in total. The van der Waals surface area contributed by atoms with Crippen molar-refractivity contribution < 1.29 is 4.39 Å². The molecule has 2 fully saturated rings. The van der Waals surface area contributed by atoms with E-state index in [0.29, 0.717) is 23.5 Å². The van der Waals surface area contributed by atoms with Crippen molar-refractivity contribution in [3.63, 3.8) is 0 Å². The van der Waals surface area contributed by atoms with Crippen LogP contribution in [0.25, 0.3) is 10.9 Å². The minimum Gasteiger partial charge on any atom is -0.370 e. The molecule has 3 aromatic rings. The lowest BCUT2D eigenvalue weighted by atomic mass is 9.81. The lowest BCUT2D eigenvalue weighted by molar-refractivity contribution is 0.280. The van der Waals surface area contributed by atoms with Crippen LogP contribution in [0.4, 0.5) is 15.9 Å². The number of halogens is 2. The lowest BCUT2D eigenvalue weighted by Gasteiger charge is -2.30. The first kappa shape index (κ1) is 24.8. The molecule has 190 valence electrons. The number of rotatable bonds is 8. The summed E-state index contributed by atoms with van der Waals surface area (Å²) in [5.41, 5.74) is 4.19. The third-order valence-corrected chi connectivity index (χ3v) is 7.83.